The van der Waals surface area contributed by atoms with Crippen molar-refractivity contribution in [3.63, 3.8) is 0 Å². The fourth-order valence-corrected chi connectivity index (χ4v) is 3.76. The Bertz CT molecular complexity index is 932. The van der Waals surface area contributed by atoms with Gasteiger partial charge in [0.05, 0.1) is 17.4 Å². The van der Waals surface area contributed by atoms with Crippen molar-refractivity contribution in [2.45, 2.75) is 64.8 Å². The number of amides is 3. The Balaban J connectivity index is 2.20. The van der Waals surface area contributed by atoms with Crippen molar-refractivity contribution in [3.05, 3.63) is 23.3 Å². The van der Waals surface area contributed by atoms with E-state index in [1.807, 2.05) is 0 Å². The van der Waals surface area contributed by atoms with Gasteiger partial charge in [-0.3, -0.25) is 14.4 Å². The number of phenolic OH excluding ortho intramolecular Hbond substituents is 1. The first-order valence-electron chi connectivity index (χ1n) is 10.8. The van der Waals surface area contributed by atoms with Gasteiger partial charge >= 0.3 is 5.97 Å². The molecule has 33 heavy (non-hydrogen) atoms. The number of aliphatic hydroxyl groups is 1. The summed E-state index contributed by atoms with van der Waals surface area (Å²) in [4.78, 5) is 51.4. The van der Waals surface area contributed by atoms with Gasteiger partial charge in [0.25, 0.3) is 5.91 Å². The Kier molecular flexibility index (Phi) is 8.26. The lowest BCUT2D eigenvalue weighted by atomic mass is 10.0. The number of nitrogen functional groups attached to an aromatic ring is 1. The van der Waals surface area contributed by atoms with Crippen LogP contribution in [0.25, 0.3) is 0 Å². The molecule has 1 fully saturated rings. The largest absolute Gasteiger partial charge is 0.505 e. The summed E-state index contributed by atoms with van der Waals surface area (Å²) in [6, 6.07) is -0.566. The molecule has 4 unspecified atom stereocenters. The molecule has 4 atom stereocenters. The van der Waals surface area contributed by atoms with E-state index in [9.17, 15) is 34.5 Å². The zero-order valence-electron chi connectivity index (χ0n) is 19.2. The van der Waals surface area contributed by atoms with Gasteiger partial charge in [0, 0.05) is 6.54 Å². The van der Waals surface area contributed by atoms with Crippen LogP contribution in [0.3, 0.4) is 0 Å². The van der Waals surface area contributed by atoms with E-state index < -0.39 is 47.9 Å². The number of aliphatic hydroxyl groups excluding tert-OH is 1. The number of phenols is 1. The maximum Gasteiger partial charge on any atom is 0.326 e. The second-order valence-electron chi connectivity index (χ2n) is 8.64. The summed E-state index contributed by atoms with van der Waals surface area (Å²) >= 11 is 0. The van der Waals surface area contributed by atoms with Crippen molar-refractivity contribution in [2.24, 2.45) is 5.92 Å². The fraction of sp³-hybridized carbons (Fsp3) is 0.545. The highest BCUT2D eigenvalue weighted by atomic mass is 16.4. The van der Waals surface area contributed by atoms with Crippen LogP contribution in [0, 0.1) is 12.8 Å². The molecular weight excluding hydrogens is 432 g/mol. The van der Waals surface area contributed by atoms with Crippen LogP contribution in [-0.2, 0) is 14.4 Å². The molecule has 1 saturated heterocycles. The van der Waals surface area contributed by atoms with Gasteiger partial charge in [-0.05, 0) is 44.2 Å². The number of aryl methyl sites for hydroxylation is 1. The molecule has 1 aliphatic rings. The van der Waals surface area contributed by atoms with Crippen molar-refractivity contribution in [2.75, 3.05) is 12.3 Å². The van der Waals surface area contributed by atoms with Gasteiger partial charge in [-0.25, -0.2) is 4.79 Å². The van der Waals surface area contributed by atoms with Crippen LogP contribution in [0.4, 0.5) is 5.69 Å². The van der Waals surface area contributed by atoms with Crippen molar-refractivity contribution < 1.29 is 34.5 Å². The Hall–Kier alpha value is -3.34. The first-order chi connectivity index (χ1) is 15.4. The van der Waals surface area contributed by atoms with Gasteiger partial charge in [-0.1, -0.05) is 19.9 Å². The predicted octanol–water partition coefficient (Wildman–Crippen LogP) is -0.0216. The summed E-state index contributed by atoms with van der Waals surface area (Å²) in [7, 11) is 0. The van der Waals surface area contributed by atoms with Crippen LogP contribution in [-0.4, -0.2) is 74.7 Å². The number of anilines is 1. The number of nitrogens with zero attached hydrogens (tertiary/aromatic N) is 1. The number of hydrogen-bond donors (Lipinski definition) is 6. The highest BCUT2D eigenvalue weighted by molar-refractivity contribution is 6.03. The molecule has 0 aromatic heterocycles. The SMILES string of the molecule is Cc1ccc(C(=O)NC(C(=O)NC(C(=O)N2CCCC2C(=O)O)C(C)C)C(C)O)c(N)c1O. The Morgan fingerprint density at radius 3 is 2.30 bits per heavy atom. The number of nitrogens with one attached hydrogen (secondary N) is 2. The number of carboxylic acids is 1. The van der Waals surface area contributed by atoms with E-state index in [2.05, 4.69) is 10.6 Å². The number of benzene rings is 1. The van der Waals surface area contributed by atoms with E-state index >= 15 is 0 Å². The molecule has 1 aromatic rings. The summed E-state index contributed by atoms with van der Waals surface area (Å²) in [6.07, 6.45) is -0.453. The molecule has 1 aliphatic heterocycles. The molecule has 0 bridgehead atoms. The molecule has 0 radical (unpaired) electrons. The number of aromatic hydroxyl groups is 1. The van der Waals surface area contributed by atoms with E-state index in [1.165, 1.54) is 24.0 Å². The van der Waals surface area contributed by atoms with Crippen LogP contribution in [0.15, 0.2) is 12.1 Å². The normalized spacial score (nSPS) is 18.5. The van der Waals surface area contributed by atoms with Gasteiger partial charge < -0.3 is 36.6 Å². The van der Waals surface area contributed by atoms with Crippen molar-refractivity contribution in [1.29, 1.82) is 0 Å². The third kappa shape index (κ3) is 5.72. The number of carbonyl (C=O) groups excluding carboxylic acids is 3. The lowest BCUT2D eigenvalue weighted by Gasteiger charge is -2.31. The number of rotatable bonds is 8. The minimum atomic E-state index is -1.43. The van der Waals surface area contributed by atoms with Gasteiger partial charge in [-0.2, -0.15) is 0 Å². The summed E-state index contributed by atoms with van der Waals surface area (Å²) < 4.78 is 0. The average Bonchev–Trinajstić information content (AvgIpc) is 3.23. The van der Waals surface area contributed by atoms with Gasteiger partial charge in [0.2, 0.25) is 11.8 Å². The molecule has 0 spiro atoms. The fourth-order valence-electron chi connectivity index (χ4n) is 3.76. The number of carboxylic acid groups (broad SMARTS) is 1. The molecule has 1 heterocycles. The van der Waals surface area contributed by atoms with Gasteiger partial charge in [-0.15, -0.1) is 0 Å². The summed E-state index contributed by atoms with van der Waals surface area (Å²) in [6.45, 7) is 6.56. The third-order valence-corrected chi connectivity index (χ3v) is 5.77. The van der Waals surface area contributed by atoms with Crippen molar-refractivity contribution in [1.82, 2.24) is 15.5 Å². The Labute approximate surface area is 191 Å². The second kappa shape index (κ2) is 10.5. The minimum Gasteiger partial charge on any atom is -0.505 e. The highest BCUT2D eigenvalue weighted by Gasteiger charge is 2.39. The standard InChI is InChI=1S/C22H32N4O7/c1-10(2)16(21(31)26-9-5-6-14(26)22(32)33)24-20(30)17(12(4)27)25-19(29)13-8-7-11(3)18(28)15(13)23/h7-8,10,12,14,16-17,27-28H,5-6,9,23H2,1-4H3,(H,24,30)(H,25,29)(H,32,33). The van der Waals surface area contributed by atoms with E-state index in [0.717, 1.165) is 0 Å². The molecular formula is C22H32N4O7. The first-order valence-corrected chi connectivity index (χ1v) is 10.8. The second-order valence-corrected chi connectivity index (χ2v) is 8.64. The predicted molar refractivity (Wildman–Crippen MR) is 119 cm³/mol. The monoisotopic (exact) mass is 464 g/mol. The minimum absolute atomic E-state index is 0.0746. The zero-order chi connectivity index (χ0) is 25.0. The summed E-state index contributed by atoms with van der Waals surface area (Å²) in [5, 5.41) is 34.4. The molecule has 7 N–H and O–H groups in total. The summed E-state index contributed by atoms with van der Waals surface area (Å²) in [5.41, 5.74) is 6.03. The number of aliphatic carboxylic acids is 1. The highest BCUT2D eigenvalue weighted by Crippen LogP contribution is 2.28. The maximum atomic E-state index is 13.0. The lowest BCUT2D eigenvalue weighted by molar-refractivity contribution is -0.150. The van der Waals surface area contributed by atoms with Crippen LogP contribution < -0.4 is 16.4 Å². The average molecular weight is 465 g/mol. The van der Waals surface area contributed by atoms with Gasteiger partial charge in [0.15, 0.2) is 0 Å². The van der Waals surface area contributed by atoms with Gasteiger partial charge in [0.1, 0.15) is 23.9 Å². The zero-order valence-corrected chi connectivity index (χ0v) is 19.2. The summed E-state index contributed by atoms with van der Waals surface area (Å²) in [5.74, 6) is -3.89. The van der Waals surface area contributed by atoms with Crippen molar-refractivity contribution >= 4 is 29.4 Å². The first kappa shape index (κ1) is 25.9. The molecule has 2 rings (SSSR count). The van der Waals surface area contributed by atoms with Crippen molar-refractivity contribution in [3.8, 4) is 5.75 Å². The molecule has 11 heteroatoms. The van der Waals surface area contributed by atoms with Crippen LogP contribution in [0.5, 0.6) is 5.75 Å². The molecule has 0 aliphatic carbocycles. The quantitative estimate of drug-likeness (QED) is 0.229. The Morgan fingerprint density at radius 2 is 1.76 bits per heavy atom. The van der Waals surface area contributed by atoms with Crippen LogP contribution in [0.2, 0.25) is 0 Å². The lowest BCUT2D eigenvalue weighted by Crippen LogP contribution is -2.59. The maximum absolute atomic E-state index is 13.0. The van der Waals surface area contributed by atoms with E-state index in [0.29, 0.717) is 18.4 Å². The molecule has 3 amide bonds. The smallest absolute Gasteiger partial charge is 0.326 e. The molecule has 11 nitrogen and oxygen atoms in total. The third-order valence-electron chi connectivity index (χ3n) is 5.77. The molecule has 1 aromatic carbocycles. The number of hydrogen-bond acceptors (Lipinski definition) is 7. The van der Waals surface area contributed by atoms with Crippen LogP contribution >= 0.6 is 0 Å². The van der Waals surface area contributed by atoms with E-state index in [-0.39, 0.29) is 29.5 Å². The topological polar surface area (TPSA) is 182 Å². The van der Waals surface area contributed by atoms with E-state index in [1.54, 1.807) is 20.8 Å². The number of carbonyl (C=O) groups is 4. The van der Waals surface area contributed by atoms with Crippen LogP contribution in [0.1, 0.15) is 49.5 Å². The number of nitrogens with two attached hydrogens (primary N) is 1. The molecule has 0 saturated carbocycles. The number of likely N-dealkylation sites (tertiary alicyclic amines) is 1. The van der Waals surface area contributed by atoms with E-state index in [4.69, 9.17) is 5.73 Å². The Morgan fingerprint density at radius 1 is 1.12 bits per heavy atom. The molecule has 182 valence electrons.